The molecule has 7 heteroatoms. The number of ether oxygens (including phenoxy) is 1. The topological polar surface area (TPSA) is 93.5 Å². The van der Waals surface area contributed by atoms with E-state index in [1.807, 2.05) is 18.2 Å². The fourth-order valence-electron chi connectivity index (χ4n) is 2.76. The minimum Gasteiger partial charge on any atom is -0.457 e. The molecule has 0 radical (unpaired) electrons. The maximum Gasteiger partial charge on any atom is 0.270 e. The number of amides is 1. The predicted molar refractivity (Wildman–Crippen MR) is 93.0 cm³/mol. The van der Waals surface area contributed by atoms with E-state index in [9.17, 15) is 14.9 Å². The van der Waals surface area contributed by atoms with Crippen LogP contribution in [-0.2, 0) is 0 Å². The molecule has 130 valence electrons. The van der Waals surface area contributed by atoms with Gasteiger partial charge in [0.2, 0.25) is 0 Å². The van der Waals surface area contributed by atoms with E-state index in [4.69, 9.17) is 4.74 Å². The van der Waals surface area contributed by atoms with Gasteiger partial charge < -0.3 is 15.4 Å². The quantitative estimate of drug-likeness (QED) is 0.622. The summed E-state index contributed by atoms with van der Waals surface area (Å²) < 4.78 is 5.74. The van der Waals surface area contributed by atoms with Crippen LogP contribution in [0.5, 0.6) is 11.5 Å². The lowest BCUT2D eigenvalue weighted by molar-refractivity contribution is -0.384. The number of hydrogen-bond donors (Lipinski definition) is 2. The molecule has 1 saturated heterocycles. The van der Waals surface area contributed by atoms with Crippen molar-refractivity contribution in [3.63, 3.8) is 0 Å². The Morgan fingerprint density at radius 1 is 1.28 bits per heavy atom. The summed E-state index contributed by atoms with van der Waals surface area (Å²) >= 11 is 0. The third-order valence-corrected chi connectivity index (χ3v) is 4.06. The van der Waals surface area contributed by atoms with Crippen LogP contribution in [0.25, 0.3) is 0 Å². The van der Waals surface area contributed by atoms with Crippen molar-refractivity contribution >= 4 is 11.6 Å². The molecular weight excluding hydrogens is 322 g/mol. The van der Waals surface area contributed by atoms with Crippen molar-refractivity contribution in [3.8, 4) is 11.5 Å². The Morgan fingerprint density at radius 2 is 2.08 bits per heavy atom. The monoisotopic (exact) mass is 341 g/mol. The van der Waals surface area contributed by atoms with Crippen LogP contribution in [-0.4, -0.2) is 30.0 Å². The number of nitrogens with zero attached hydrogens (tertiary/aromatic N) is 1. The zero-order valence-corrected chi connectivity index (χ0v) is 13.6. The first kappa shape index (κ1) is 16.9. The Morgan fingerprint density at radius 3 is 2.76 bits per heavy atom. The van der Waals surface area contributed by atoms with Crippen molar-refractivity contribution in [2.24, 2.45) is 0 Å². The van der Waals surface area contributed by atoms with Gasteiger partial charge in [0, 0.05) is 24.7 Å². The minimum atomic E-state index is -0.526. The van der Waals surface area contributed by atoms with Crippen molar-refractivity contribution in [1.82, 2.24) is 10.6 Å². The van der Waals surface area contributed by atoms with Crippen LogP contribution in [0.3, 0.4) is 0 Å². The lowest BCUT2D eigenvalue weighted by atomic mass is 10.1. The van der Waals surface area contributed by atoms with Gasteiger partial charge in [-0.05, 0) is 37.6 Å². The molecule has 2 aromatic carbocycles. The van der Waals surface area contributed by atoms with Gasteiger partial charge in [-0.3, -0.25) is 14.9 Å². The van der Waals surface area contributed by atoms with Gasteiger partial charge in [0.15, 0.2) is 0 Å². The summed E-state index contributed by atoms with van der Waals surface area (Å²) in [5.74, 6) is 0.458. The van der Waals surface area contributed by atoms with E-state index < -0.39 is 4.92 Å². The number of non-ortho nitro benzene ring substituents is 1. The van der Waals surface area contributed by atoms with Crippen molar-refractivity contribution in [3.05, 3.63) is 64.2 Å². The molecule has 0 spiro atoms. The first-order chi connectivity index (χ1) is 12.1. The van der Waals surface area contributed by atoms with Crippen LogP contribution in [0.2, 0.25) is 0 Å². The highest BCUT2D eigenvalue weighted by atomic mass is 16.6. The second-order valence-electron chi connectivity index (χ2n) is 5.86. The van der Waals surface area contributed by atoms with Gasteiger partial charge in [-0.25, -0.2) is 0 Å². The van der Waals surface area contributed by atoms with Gasteiger partial charge in [0.05, 0.1) is 10.5 Å². The van der Waals surface area contributed by atoms with Gasteiger partial charge in [-0.1, -0.05) is 18.2 Å². The summed E-state index contributed by atoms with van der Waals surface area (Å²) in [6.45, 7) is 1.42. The zero-order valence-electron chi connectivity index (χ0n) is 13.6. The molecule has 1 aliphatic rings. The molecule has 25 heavy (non-hydrogen) atoms. The molecule has 7 nitrogen and oxygen atoms in total. The van der Waals surface area contributed by atoms with Crippen LogP contribution >= 0.6 is 0 Å². The Bertz CT molecular complexity index is 758. The molecule has 1 atom stereocenters. The fraction of sp³-hybridized carbons (Fsp3) is 0.278. The highest BCUT2D eigenvalue weighted by Gasteiger charge is 2.20. The lowest BCUT2D eigenvalue weighted by Gasteiger charge is -2.14. The summed E-state index contributed by atoms with van der Waals surface area (Å²) in [6.07, 6.45) is 2.09. The van der Waals surface area contributed by atoms with Crippen LogP contribution in [0.1, 0.15) is 23.2 Å². The van der Waals surface area contributed by atoms with E-state index in [-0.39, 0.29) is 28.9 Å². The maximum atomic E-state index is 12.5. The van der Waals surface area contributed by atoms with Crippen LogP contribution < -0.4 is 15.4 Å². The molecule has 3 rings (SSSR count). The van der Waals surface area contributed by atoms with E-state index in [1.165, 1.54) is 18.2 Å². The minimum absolute atomic E-state index is 0.149. The van der Waals surface area contributed by atoms with Gasteiger partial charge in [0.25, 0.3) is 11.6 Å². The predicted octanol–water partition coefficient (Wildman–Crippen LogP) is 2.87. The first-order valence-electron chi connectivity index (χ1n) is 8.16. The molecule has 1 heterocycles. The van der Waals surface area contributed by atoms with E-state index in [1.54, 1.807) is 12.1 Å². The summed E-state index contributed by atoms with van der Waals surface area (Å²) in [5, 5.41) is 17.2. The van der Waals surface area contributed by atoms with Crippen LogP contribution in [0.4, 0.5) is 5.69 Å². The fourth-order valence-corrected chi connectivity index (χ4v) is 2.76. The second kappa shape index (κ2) is 7.76. The summed E-state index contributed by atoms with van der Waals surface area (Å²) in [7, 11) is 0. The standard InChI is InChI=1S/C18H19N3O4/c22-18(20-12-13-5-4-10-19-13)16-11-14(21(23)24)8-9-17(16)25-15-6-2-1-3-7-15/h1-3,6-9,11,13,19H,4-5,10,12H2,(H,20,22). The Balaban J connectivity index is 1.81. The number of rotatable bonds is 6. The highest BCUT2D eigenvalue weighted by molar-refractivity contribution is 5.97. The van der Waals surface area contributed by atoms with Crippen molar-refractivity contribution in [1.29, 1.82) is 0 Å². The third kappa shape index (κ3) is 4.33. The Hall–Kier alpha value is -2.93. The molecule has 0 saturated carbocycles. The largest absolute Gasteiger partial charge is 0.457 e. The van der Waals surface area contributed by atoms with Gasteiger partial charge >= 0.3 is 0 Å². The zero-order chi connectivity index (χ0) is 17.6. The van der Waals surface area contributed by atoms with Crippen molar-refractivity contribution in [2.75, 3.05) is 13.1 Å². The molecule has 1 fully saturated rings. The molecule has 1 unspecified atom stereocenters. The van der Waals surface area contributed by atoms with Gasteiger partial charge in [0.1, 0.15) is 11.5 Å². The molecule has 0 aliphatic carbocycles. The Kier molecular flexibility index (Phi) is 5.25. The third-order valence-electron chi connectivity index (χ3n) is 4.06. The summed E-state index contributed by atoms with van der Waals surface area (Å²) in [4.78, 5) is 23.1. The molecular formula is C18H19N3O4. The van der Waals surface area contributed by atoms with E-state index in [0.717, 1.165) is 19.4 Å². The van der Waals surface area contributed by atoms with E-state index in [0.29, 0.717) is 12.3 Å². The van der Waals surface area contributed by atoms with Gasteiger partial charge in [-0.2, -0.15) is 0 Å². The van der Waals surface area contributed by atoms with Crippen LogP contribution in [0.15, 0.2) is 48.5 Å². The smallest absolute Gasteiger partial charge is 0.270 e. The second-order valence-corrected chi connectivity index (χ2v) is 5.86. The average Bonchev–Trinajstić information content (AvgIpc) is 3.14. The molecule has 1 aliphatic heterocycles. The number of hydrogen-bond acceptors (Lipinski definition) is 5. The molecule has 0 aromatic heterocycles. The normalized spacial score (nSPS) is 16.4. The Labute approximate surface area is 145 Å². The van der Waals surface area contributed by atoms with Crippen molar-refractivity contribution < 1.29 is 14.5 Å². The van der Waals surface area contributed by atoms with Crippen molar-refractivity contribution in [2.45, 2.75) is 18.9 Å². The lowest BCUT2D eigenvalue weighted by Crippen LogP contribution is -2.37. The molecule has 1 amide bonds. The summed E-state index contributed by atoms with van der Waals surface area (Å²) in [6, 6.07) is 13.2. The van der Waals surface area contributed by atoms with Gasteiger partial charge in [-0.15, -0.1) is 0 Å². The number of para-hydroxylation sites is 1. The highest BCUT2D eigenvalue weighted by Crippen LogP contribution is 2.28. The van der Waals surface area contributed by atoms with E-state index >= 15 is 0 Å². The molecule has 2 aromatic rings. The number of nitro benzene ring substituents is 1. The molecule has 0 bridgehead atoms. The maximum absolute atomic E-state index is 12.5. The molecule has 2 N–H and O–H groups in total. The number of carbonyl (C=O) groups is 1. The van der Waals surface area contributed by atoms with Crippen LogP contribution in [0, 0.1) is 10.1 Å². The SMILES string of the molecule is O=C(NCC1CCCN1)c1cc([N+](=O)[O-])ccc1Oc1ccccc1. The average molecular weight is 341 g/mol. The number of nitrogens with one attached hydrogen (secondary N) is 2. The number of nitro groups is 1. The number of benzene rings is 2. The first-order valence-corrected chi connectivity index (χ1v) is 8.16. The number of carbonyl (C=O) groups excluding carboxylic acids is 1. The van der Waals surface area contributed by atoms with E-state index in [2.05, 4.69) is 10.6 Å². The summed E-state index contributed by atoms with van der Waals surface area (Å²) in [5.41, 5.74) is 0.000558.